The van der Waals surface area contributed by atoms with Gasteiger partial charge in [0, 0.05) is 29.5 Å². The standard InChI is InChI=1S/C18H18ClN3O3/c1-25-18(24)22-9-8-12-2-5-16(10-13(12)11-22)21-17(23)20-15-6-3-14(19)4-7-15/h2-7,10H,8-9,11H2,1H3,(H2,20,21,23). The molecule has 0 atom stereocenters. The van der Waals surface area contributed by atoms with Crippen LogP contribution in [0.5, 0.6) is 0 Å². The van der Waals surface area contributed by atoms with Gasteiger partial charge >= 0.3 is 12.1 Å². The van der Waals surface area contributed by atoms with Crippen LogP contribution in [-0.2, 0) is 17.7 Å². The predicted octanol–water partition coefficient (Wildman–Crippen LogP) is 4.11. The summed E-state index contributed by atoms with van der Waals surface area (Å²) >= 11 is 5.82. The fraction of sp³-hybridized carbons (Fsp3) is 0.222. The molecular formula is C18H18ClN3O3. The van der Waals surface area contributed by atoms with E-state index in [1.807, 2.05) is 18.2 Å². The predicted molar refractivity (Wildman–Crippen MR) is 97.1 cm³/mol. The van der Waals surface area contributed by atoms with Crippen LogP contribution in [0.3, 0.4) is 0 Å². The van der Waals surface area contributed by atoms with Gasteiger partial charge in [-0.3, -0.25) is 0 Å². The summed E-state index contributed by atoms with van der Waals surface area (Å²) in [7, 11) is 1.37. The maximum absolute atomic E-state index is 12.1. The number of hydrogen-bond donors (Lipinski definition) is 2. The highest BCUT2D eigenvalue weighted by molar-refractivity contribution is 6.30. The van der Waals surface area contributed by atoms with Crippen molar-refractivity contribution in [1.29, 1.82) is 0 Å². The van der Waals surface area contributed by atoms with Gasteiger partial charge in [-0.1, -0.05) is 17.7 Å². The van der Waals surface area contributed by atoms with Crippen molar-refractivity contribution < 1.29 is 14.3 Å². The van der Waals surface area contributed by atoms with Crippen LogP contribution in [0.25, 0.3) is 0 Å². The lowest BCUT2D eigenvalue weighted by molar-refractivity contribution is 0.118. The van der Waals surface area contributed by atoms with Crippen LogP contribution in [0.2, 0.25) is 5.02 Å². The molecule has 0 unspecified atom stereocenters. The van der Waals surface area contributed by atoms with E-state index in [-0.39, 0.29) is 12.1 Å². The molecule has 2 aromatic carbocycles. The molecule has 0 bridgehead atoms. The van der Waals surface area contributed by atoms with Crippen molar-refractivity contribution >= 4 is 35.1 Å². The van der Waals surface area contributed by atoms with Gasteiger partial charge in [0.2, 0.25) is 0 Å². The lowest BCUT2D eigenvalue weighted by Crippen LogP contribution is -2.35. The van der Waals surface area contributed by atoms with Gasteiger partial charge in [-0.05, 0) is 53.9 Å². The summed E-state index contributed by atoms with van der Waals surface area (Å²) in [5.74, 6) is 0. The van der Waals surface area contributed by atoms with Crippen molar-refractivity contribution in [2.75, 3.05) is 24.3 Å². The van der Waals surface area contributed by atoms with Gasteiger partial charge in [0.25, 0.3) is 0 Å². The average molecular weight is 360 g/mol. The van der Waals surface area contributed by atoms with Gasteiger partial charge in [0.1, 0.15) is 0 Å². The second-order valence-electron chi connectivity index (χ2n) is 5.71. The first-order valence-electron chi connectivity index (χ1n) is 7.83. The topological polar surface area (TPSA) is 70.7 Å². The first-order valence-corrected chi connectivity index (χ1v) is 8.21. The third kappa shape index (κ3) is 4.22. The molecule has 0 radical (unpaired) electrons. The Hall–Kier alpha value is -2.73. The minimum Gasteiger partial charge on any atom is -0.453 e. The molecule has 3 amide bonds. The number of benzene rings is 2. The Labute approximate surface area is 150 Å². The van der Waals surface area contributed by atoms with E-state index in [0.29, 0.717) is 29.5 Å². The van der Waals surface area contributed by atoms with Crippen molar-refractivity contribution in [3.63, 3.8) is 0 Å². The number of carbonyl (C=O) groups is 2. The minimum absolute atomic E-state index is 0.343. The summed E-state index contributed by atoms with van der Waals surface area (Å²) in [6, 6.07) is 12.2. The van der Waals surface area contributed by atoms with Crippen LogP contribution in [0.15, 0.2) is 42.5 Å². The number of carbonyl (C=O) groups excluding carboxylic acids is 2. The molecule has 1 aliphatic rings. The van der Waals surface area contributed by atoms with Crippen molar-refractivity contribution in [3.8, 4) is 0 Å². The second-order valence-corrected chi connectivity index (χ2v) is 6.15. The highest BCUT2D eigenvalue weighted by Crippen LogP contribution is 2.23. The molecule has 130 valence electrons. The quantitative estimate of drug-likeness (QED) is 0.847. The van der Waals surface area contributed by atoms with Crippen molar-refractivity contribution in [2.45, 2.75) is 13.0 Å². The van der Waals surface area contributed by atoms with Gasteiger partial charge in [0.15, 0.2) is 0 Å². The average Bonchev–Trinajstić information content (AvgIpc) is 2.62. The van der Waals surface area contributed by atoms with Crippen molar-refractivity contribution in [3.05, 3.63) is 58.6 Å². The Morgan fingerprint density at radius 1 is 1.04 bits per heavy atom. The first kappa shape index (κ1) is 17.1. The van der Waals surface area contributed by atoms with Crippen molar-refractivity contribution in [1.82, 2.24) is 4.90 Å². The number of nitrogens with one attached hydrogen (secondary N) is 2. The summed E-state index contributed by atoms with van der Waals surface area (Å²) in [4.78, 5) is 25.4. The van der Waals surface area contributed by atoms with Crippen LogP contribution in [0.4, 0.5) is 21.0 Å². The maximum Gasteiger partial charge on any atom is 0.409 e. The van der Waals surface area contributed by atoms with Gasteiger partial charge < -0.3 is 20.3 Å². The molecule has 0 fully saturated rings. The molecule has 7 heteroatoms. The van der Waals surface area contributed by atoms with Crippen LogP contribution in [-0.4, -0.2) is 30.7 Å². The number of nitrogens with zero attached hydrogens (tertiary/aromatic N) is 1. The Morgan fingerprint density at radius 2 is 1.72 bits per heavy atom. The molecule has 2 N–H and O–H groups in total. The van der Waals surface area contributed by atoms with Crippen LogP contribution in [0, 0.1) is 0 Å². The number of urea groups is 1. The SMILES string of the molecule is COC(=O)N1CCc2ccc(NC(=O)Nc3ccc(Cl)cc3)cc2C1. The summed E-state index contributed by atoms with van der Waals surface area (Å²) in [5.41, 5.74) is 3.48. The van der Waals surface area contributed by atoms with E-state index >= 15 is 0 Å². The number of ether oxygens (including phenoxy) is 1. The molecule has 3 rings (SSSR count). The molecule has 0 spiro atoms. The van der Waals surface area contributed by atoms with Crippen LogP contribution < -0.4 is 10.6 Å². The molecule has 25 heavy (non-hydrogen) atoms. The molecule has 0 saturated heterocycles. The fourth-order valence-corrected chi connectivity index (χ4v) is 2.87. The Bertz CT molecular complexity index is 793. The van der Waals surface area contributed by atoms with Crippen LogP contribution in [0.1, 0.15) is 11.1 Å². The maximum atomic E-state index is 12.1. The highest BCUT2D eigenvalue weighted by atomic mass is 35.5. The van der Waals surface area contributed by atoms with Crippen LogP contribution >= 0.6 is 11.6 Å². The zero-order valence-electron chi connectivity index (χ0n) is 13.7. The van der Waals surface area contributed by atoms with E-state index in [1.54, 1.807) is 29.2 Å². The Morgan fingerprint density at radius 3 is 2.44 bits per heavy atom. The monoisotopic (exact) mass is 359 g/mol. The van der Waals surface area contributed by atoms with E-state index in [1.165, 1.54) is 12.7 Å². The number of amides is 3. The number of hydrogen-bond acceptors (Lipinski definition) is 3. The molecule has 0 aromatic heterocycles. The summed E-state index contributed by atoms with van der Waals surface area (Å²) < 4.78 is 4.77. The summed E-state index contributed by atoms with van der Waals surface area (Å²) in [5, 5.41) is 6.14. The van der Waals surface area contributed by atoms with Gasteiger partial charge in [-0.15, -0.1) is 0 Å². The third-order valence-electron chi connectivity index (χ3n) is 4.01. The Kier molecular flexibility index (Phi) is 5.09. The summed E-state index contributed by atoms with van der Waals surface area (Å²) in [6.07, 6.45) is 0.422. The first-order chi connectivity index (χ1) is 12.0. The molecule has 1 heterocycles. The number of halogens is 1. The van der Waals surface area contributed by atoms with Gasteiger partial charge in [-0.25, -0.2) is 9.59 Å². The molecule has 0 saturated carbocycles. The minimum atomic E-state index is -0.345. The number of fused-ring (bicyclic) bond motifs is 1. The molecule has 6 nitrogen and oxygen atoms in total. The van der Waals surface area contributed by atoms with Gasteiger partial charge in [0.05, 0.1) is 7.11 Å². The highest BCUT2D eigenvalue weighted by Gasteiger charge is 2.21. The Balaban J connectivity index is 1.66. The fourth-order valence-electron chi connectivity index (χ4n) is 2.75. The normalized spacial score (nSPS) is 13.0. The van der Waals surface area contributed by atoms with E-state index in [9.17, 15) is 9.59 Å². The number of methoxy groups -OCH3 is 1. The van der Waals surface area contributed by atoms with E-state index < -0.39 is 0 Å². The lowest BCUT2D eigenvalue weighted by atomic mass is 9.99. The van der Waals surface area contributed by atoms with E-state index in [0.717, 1.165) is 12.0 Å². The van der Waals surface area contributed by atoms with E-state index in [4.69, 9.17) is 16.3 Å². The third-order valence-corrected chi connectivity index (χ3v) is 4.26. The number of rotatable bonds is 2. The molecule has 2 aromatic rings. The largest absolute Gasteiger partial charge is 0.453 e. The van der Waals surface area contributed by atoms with Crippen molar-refractivity contribution in [2.24, 2.45) is 0 Å². The lowest BCUT2D eigenvalue weighted by Gasteiger charge is -2.28. The molecule has 1 aliphatic heterocycles. The molecule has 0 aliphatic carbocycles. The van der Waals surface area contributed by atoms with E-state index in [2.05, 4.69) is 10.6 Å². The van der Waals surface area contributed by atoms with Gasteiger partial charge in [-0.2, -0.15) is 0 Å². The molecular weight excluding hydrogens is 342 g/mol. The second kappa shape index (κ2) is 7.44. The zero-order valence-corrected chi connectivity index (χ0v) is 14.5. The summed E-state index contributed by atoms with van der Waals surface area (Å²) in [6.45, 7) is 1.10. The zero-order chi connectivity index (χ0) is 17.8. The smallest absolute Gasteiger partial charge is 0.409 e. The number of anilines is 2.